The fourth-order valence-corrected chi connectivity index (χ4v) is 4.46. The molecule has 1 N–H and O–H groups in total. The summed E-state index contributed by atoms with van der Waals surface area (Å²) in [5.41, 5.74) is 3.11. The molecule has 0 bridgehead atoms. The van der Waals surface area contributed by atoms with Gasteiger partial charge in [-0.1, -0.05) is 42.5 Å². The molecular formula is C32H29NO7. The number of hydrogen-bond acceptors (Lipinski definition) is 8. The standard InChI is InChI=1S/C32H29NO7/c1-35-23-12-10-21(11-13-23)29-30(33-22-16-27(36-2)31(38-4)28(17-22)37-3)25-15-14-24(18-26(25)40-32(29)34)39-19-20-8-6-5-7-9-20/h5-18,33H,19H2,1-4H3. The molecule has 1 aromatic heterocycles. The summed E-state index contributed by atoms with van der Waals surface area (Å²) >= 11 is 0. The van der Waals surface area contributed by atoms with Crippen molar-refractivity contribution < 1.29 is 28.1 Å². The van der Waals surface area contributed by atoms with Crippen molar-refractivity contribution in [2.24, 2.45) is 0 Å². The number of hydrogen-bond donors (Lipinski definition) is 1. The van der Waals surface area contributed by atoms with Gasteiger partial charge in [0, 0.05) is 29.3 Å². The topological polar surface area (TPSA) is 88.4 Å². The second-order valence-electron chi connectivity index (χ2n) is 8.84. The summed E-state index contributed by atoms with van der Waals surface area (Å²) in [6.07, 6.45) is 0. The minimum atomic E-state index is -0.507. The summed E-state index contributed by atoms with van der Waals surface area (Å²) in [7, 11) is 6.23. The molecule has 5 aromatic rings. The average molecular weight is 540 g/mol. The highest BCUT2D eigenvalue weighted by Gasteiger charge is 2.20. The predicted molar refractivity (Wildman–Crippen MR) is 155 cm³/mol. The van der Waals surface area contributed by atoms with Crippen LogP contribution in [0.15, 0.2) is 94.1 Å². The van der Waals surface area contributed by atoms with E-state index < -0.39 is 5.63 Å². The molecule has 0 amide bonds. The minimum Gasteiger partial charge on any atom is -0.497 e. The van der Waals surface area contributed by atoms with Crippen LogP contribution in [0, 0.1) is 0 Å². The lowest BCUT2D eigenvalue weighted by atomic mass is 10.0. The van der Waals surface area contributed by atoms with Gasteiger partial charge in [-0.15, -0.1) is 0 Å². The molecule has 0 saturated heterocycles. The third-order valence-electron chi connectivity index (χ3n) is 6.44. The van der Waals surface area contributed by atoms with Gasteiger partial charge in [0.2, 0.25) is 5.75 Å². The maximum absolute atomic E-state index is 13.5. The molecule has 0 spiro atoms. The van der Waals surface area contributed by atoms with Gasteiger partial charge < -0.3 is 33.4 Å². The van der Waals surface area contributed by atoms with E-state index in [2.05, 4.69) is 5.32 Å². The highest BCUT2D eigenvalue weighted by Crippen LogP contribution is 2.43. The fourth-order valence-electron chi connectivity index (χ4n) is 4.46. The summed E-state index contributed by atoms with van der Waals surface area (Å²) in [5, 5.41) is 4.10. The van der Waals surface area contributed by atoms with Gasteiger partial charge in [0.05, 0.1) is 39.7 Å². The fraction of sp³-hybridized carbons (Fsp3) is 0.156. The van der Waals surface area contributed by atoms with Crippen LogP contribution in [0.1, 0.15) is 5.56 Å². The van der Waals surface area contributed by atoms with Crippen molar-refractivity contribution in [2.75, 3.05) is 33.8 Å². The van der Waals surface area contributed by atoms with E-state index in [4.69, 9.17) is 28.1 Å². The van der Waals surface area contributed by atoms with Crippen molar-refractivity contribution in [2.45, 2.75) is 6.61 Å². The normalized spacial score (nSPS) is 10.7. The Morgan fingerprint density at radius 1 is 0.725 bits per heavy atom. The first-order valence-corrected chi connectivity index (χ1v) is 12.5. The van der Waals surface area contributed by atoms with Crippen LogP contribution in [0.2, 0.25) is 0 Å². The van der Waals surface area contributed by atoms with Gasteiger partial charge in [0.1, 0.15) is 23.7 Å². The number of fused-ring (bicyclic) bond motifs is 1. The van der Waals surface area contributed by atoms with Crippen molar-refractivity contribution >= 4 is 22.3 Å². The van der Waals surface area contributed by atoms with Gasteiger partial charge in [0.25, 0.3) is 0 Å². The molecular weight excluding hydrogens is 510 g/mol. The molecule has 1 heterocycles. The summed E-state index contributed by atoms with van der Waals surface area (Å²) in [4.78, 5) is 13.5. The SMILES string of the molecule is COc1ccc(-c2c(Nc3cc(OC)c(OC)c(OC)c3)c3ccc(OCc4ccccc4)cc3oc2=O)cc1. The summed E-state index contributed by atoms with van der Waals surface area (Å²) in [6.45, 7) is 0.386. The van der Waals surface area contributed by atoms with Crippen molar-refractivity contribution in [1.29, 1.82) is 0 Å². The van der Waals surface area contributed by atoms with Crippen LogP contribution in [0.25, 0.3) is 22.1 Å². The molecule has 0 aliphatic carbocycles. The number of anilines is 2. The lowest BCUT2D eigenvalue weighted by Crippen LogP contribution is -2.08. The van der Waals surface area contributed by atoms with E-state index in [9.17, 15) is 4.79 Å². The Kier molecular flexibility index (Phi) is 7.77. The van der Waals surface area contributed by atoms with E-state index in [-0.39, 0.29) is 0 Å². The maximum atomic E-state index is 13.5. The number of ether oxygens (including phenoxy) is 5. The zero-order chi connectivity index (χ0) is 28.1. The first-order chi connectivity index (χ1) is 19.5. The Bertz CT molecular complexity index is 1650. The van der Waals surface area contributed by atoms with E-state index in [0.717, 1.165) is 5.56 Å². The van der Waals surface area contributed by atoms with Crippen LogP contribution in [0.4, 0.5) is 11.4 Å². The third kappa shape index (κ3) is 5.37. The molecule has 0 fully saturated rings. The van der Waals surface area contributed by atoms with Crippen molar-refractivity contribution in [3.8, 4) is 39.9 Å². The van der Waals surface area contributed by atoms with Crippen LogP contribution in [0.5, 0.6) is 28.7 Å². The molecule has 0 atom stereocenters. The predicted octanol–water partition coefficient (Wildman–Crippen LogP) is 6.82. The monoisotopic (exact) mass is 539 g/mol. The number of benzene rings is 4. The van der Waals surface area contributed by atoms with Gasteiger partial charge in [-0.2, -0.15) is 0 Å². The smallest absolute Gasteiger partial charge is 0.346 e. The third-order valence-corrected chi connectivity index (χ3v) is 6.44. The van der Waals surface area contributed by atoms with Crippen LogP contribution in [-0.2, 0) is 6.61 Å². The zero-order valence-corrected chi connectivity index (χ0v) is 22.6. The summed E-state index contributed by atoms with van der Waals surface area (Å²) in [5.74, 6) is 2.66. The quantitative estimate of drug-likeness (QED) is 0.194. The van der Waals surface area contributed by atoms with E-state index in [1.807, 2.05) is 54.6 Å². The van der Waals surface area contributed by atoms with Crippen LogP contribution >= 0.6 is 0 Å². The summed E-state index contributed by atoms with van der Waals surface area (Å²) < 4.78 is 33.6. The maximum Gasteiger partial charge on any atom is 0.346 e. The zero-order valence-electron chi connectivity index (χ0n) is 22.6. The number of methoxy groups -OCH3 is 4. The number of nitrogens with one attached hydrogen (secondary N) is 1. The molecule has 4 aromatic carbocycles. The molecule has 0 radical (unpaired) electrons. The lowest BCUT2D eigenvalue weighted by Gasteiger charge is -2.18. The Labute approximate surface area is 231 Å². The van der Waals surface area contributed by atoms with E-state index in [1.165, 1.54) is 0 Å². The number of rotatable bonds is 10. The Balaban J connectivity index is 1.63. The Morgan fingerprint density at radius 3 is 2.02 bits per heavy atom. The molecule has 0 saturated carbocycles. The van der Waals surface area contributed by atoms with Gasteiger partial charge in [-0.3, -0.25) is 0 Å². The molecule has 8 heteroatoms. The Hall–Kier alpha value is -5.11. The van der Waals surface area contributed by atoms with E-state index >= 15 is 0 Å². The van der Waals surface area contributed by atoms with Crippen molar-refractivity contribution in [3.05, 3.63) is 101 Å². The van der Waals surface area contributed by atoms with E-state index in [1.54, 1.807) is 58.8 Å². The van der Waals surface area contributed by atoms with Crippen LogP contribution < -0.4 is 34.6 Å². The van der Waals surface area contributed by atoms with Gasteiger partial charge in [0.15, 0.2) is 11.5 Å². The highest BCUT2D eigenvalue weighted by molar-refractivity contribution is 6.00. The second kappa shape index (κ2) is 11.7. The largest absolute Gasteiger partial charge is 0.497 e. The lowest BCUT2D eigenvalue weighted by molar-refractivity contribution is 0.306. The molecule has 0 aliphatic rings. The first-order valence-electron chi connectivity index (χ1n) is 12.5. The molecule has 0 unspecified atom stereocenters. The second-order valence-corrected chi connectivity index (χ2v) is 8.84. The van der Waals surface area contributed by atoms with E-state index in [0.29, 0.717) is 68.8 Å². The Morgan fingerprint density at radius 2 is 1.40 bits per heavy atom. The molecule has 8 nitrogen and oxygen atoms in total. The van der Waals surface area contributed by atoms with Gasteiger partial charge in [-0.05, 0) is 35.4 Å². The minimum absolute atomic E-state index is 0.363. The van der Waals surface area contributed by atoms with Crippen LogP contribution in [0.3, 0.4) is 0 Å². The van der Waals surface area contributed by atoms with Crippen molar-refractivity contribution in [3.63, 3.8) is 0 Å². The molecule has 0 aliphatic heterocycles. The molecule has 40 heavy (non-hydrogen) atoms. The van der Waals surface area contributed by atoms with Crippen molar-refractivity contribution in [1.82, 2.24) is 0 Å². The van der Waals surface area contributed by atoms with Gasteiger partial charge in [-0.25, -0.2) is 4.79 Å². The molecule has 5 rings (SSSR count). The van der Waals surface area contributed by atoms with Crippen LogP contribution in [-0.4, -0.2) is 28.4 Å². The first kappa shape index (κ1) is 26.5. The highest BCUT2D eigenvalue weighted by atomic mass is 16.5. The molecule has 204 valence electrons. The van der Waals surface area contributed by atoms with Gasteiger partial charge >= 0.3 is 5.63 Å². The average Bonchev–Trinajstić information content (AvgIpc) is 3.00. The summed E-state index contributed by atoms with van der Waals surface area (Å²) in [6, 6.07) is 26.1.